The Morgan fingerprint density at radius 1 is 1.14 bits per heavy atom. The molecule has 0 spiro atoms. The molecular weight excluding hydrogens is 356 g/mol. The number of likely N-dealkylation sites (tertiary alicyclic amines) is 1. The molecule has 1 aliphatic heterocycles. The van der Waals surface area contributed by atoms with E-state index in [-0.39, 0.29) is 6.04 Å². The van der Waals surface area contributed by atoms with Crippen molar-refractivity contribution < 1.29 is 14.0 Å². The molecule has 1 fully saturated rings. The van der Waals surface area contributed by atoms with Crippen molar-refractivity contribution in [3.8, 4) is 17.3 Å². The van der Waals surface area contributed by atoms with Crippen LogP contribution in [0.3, 0.4) is 0 Å². The van der Waals surface area contributed by atoms with Crippen LogP contribution in [-0.2, 0) is 11.3 Å². The molecule has 4 rings (SSSR count). The van der Waals surface area contributed by atoms with Crippen molar-refractivity contribution in [1.82, 2.24) is 20.0 Å². The Balaban J connectivity index is 1.43. The second-order valence-electron chi connectivity index (χ2n) is 6.80. The van der Waals surface area contributed by atoms with Crippen molar-refractivity contribution in [3.63, 3.8) is 0 Å². The van der Waals surface area contributed by atoms with Gasteiger partial charge in [0, 0.05) is 31.5 Å². The standard InChI is InChI=1S/C21H24N4O3/c1-26-12-13-27-19-10-9-17(14-22-19)20-23-21(28-24-20)18-8-5-11-25(18)15-16-6-3-2-4-7-16/h2-4,6-7,9-10,14,18H,5,8,11-13,15H2,1H3/t18-/m1/s1. The molecule has 0 N–H and O–H groups in total. The van der Waals surface area contributed by atoms with Crippen molar-refractivity contribution in [3.05, 3.63) is 60.1 Å². The van der Waals surface area contributed by atoms with Crippen molar-refractivity contribution in [1.29, 1.82) is 0 Å². The summed E-state index contributed by atoms with van der Waals surface area (Å²) in [5, 5.41) is 4.16. The summed E-state index contributed by atoms with van der Waals surface area (Å²) in [6.07, 6.45) is 3.86. The monoisotopic (exact) mass is 380 g/mol. The highest BCUT2D eigenvalue weighted by atomic mass is 16.5. The Hall–Kier alpha value is -2.77. The third-order valence-electron chi connectivity index (χ3n) is 4.85. The summed E-state index contributed by atoms with van der Waals surface area (Å²) in [6, 6.07) is 14.3. The molecule has 0 amide bonds. The van der Waals surface area contributed by atoms with Crippen LogP contribution in [0.15, 0.2) is 53.2 Å². The largest absolute Gasteiger partial charge is 0.475 e. The number of hydrogen-bond donors (Lipinski definition) is 0. The van der Waals surface area contributed by atoms with Gasteiger partial charge in [-0.15, -0.1) is 0 Å². The molecule has 0 aliphatic carbocycles. The molecule has 28 heavy (non-hydrogen) atoms. The van der Waals surface area contributed by atoms with E-state index in [1.54, 1.807) is 19.4 Å². The molecule has 0 saturated carbocycles. The second-order valence-corrected chi connectivity index (χ2v) is 6.80. The van der Waals surface area contributed by atoms with Crippen LogP contribution >= 0.6 is 0 Å². The van der Waals surface area contributed by atoms with Gasteiger partial charge >= 0.3 is 0 Å². The minimum absolute atomic E-state index is 0.158. The highest BCUT2D eigenvalue weighted by Gasteiger charge is 2.30. The number of benzene rings is 1. The van der Waals surface area contributed by atoms with Crippen LogP contribution in [0.25, 0.3) is 11.4 Å². The molecule has 1 saturated heterocycles. The molecule has 3 heterocycles. The maximum Gasteiger partial charge on any atom is 0.244 e. The summed E-state index contributed by atoms with van der Waals surface area (Å²) in [5.41, 5.74) is 2.10. The minimum atomic E-state index is 0.158. The fourth-order valence-electron chi connectivity index (χ4n) is 3.43. The number of hydrogen-bond acceptors (Lipinski definition) is 7. The van der Waals surface area contributed by atoms with E-state index < -0.39 is 0 Å². The highest BCUT2D eigenvalue weighted by molar-refractivity contribution is 5.53. The summed E-state index contributed by atoms with van der Waals surface area (Å²) >= 11 is 0. The zero-order chi connectivity index (χ0) is 19.2. The van der Waals surface area contributed by atoms with E-state index >= 15 is 0 Å². The third-order valence-corrected chi connectivity index (χ3v) is 4.85. The maximum absolute atomic E-state index is 5.60. The van der Waals surface area contributed by atoms with Crippen molar-refractivity contribution >= 4 is 0 Å². The number of methoxy groups -OCH3 is 1. The summed E-state index contributed by atoms with van der Waals surface area (Å²) in [6.45, 7) is 2.91. The zero-order valence-corrected chi connectivity index (χ0v) is 16.0. The van der Waals surface area contributed by atoms with Gasteiger partial charge in [0.2, 0.25) is 17.6 Å². The van der Waals surface area contributed by atoms with E-state index in [0.717, 1.165) is 31.5 Å². The summed E-state index contributed by atoms with van der Waals surface area (Å²) in [7, 11) is 1.64. The lowest BCUT2D eigenvalue weighted by molar-refractivity contribution is 0.144. The van der Waals surface area contributed by atoms with Gasteiger partial charge in [0.05, 0.1) is 12.6 Å². The van der Waals surface area contributed by atoms with Gasteiger partial charge in [-0.25, -0.2) is 4.98 Å². The van der Waals surface area contributed by atoms with Crippen LogP contribution in [0.1, 0.15) is 30.3 Å². The molecule has 146 valence electrons. The Labute approximate surface area is 164 Å². The first-order valence-electron chi connectivity index (χ1n) is 9.53. The number of ether oxygens (including phenoxy) is 2. The quantitative estimate of drug-likeness (QED) is 0.554. The van der Waals surface area contributed by atoms with E-state index in [1.807, 2.05) is 12.1 Å². The Bertz CT molecular complexity index is 867. The molecule has 0 bridgehead atoms. The molecule has 1 atom stereocenters. The molecule has 7 heteroatoms. The van der Waals surface area contributed by atoms with Crippen molar-refractivity contribution in [2.24, 2.45) is 0 Å². The van der Waals surface area contributed by atoms with Crippen molar-refractivity contribution in [2.75, 3.05) is 26.9 Å². The molecule has 1 aromatic carbocycles. The zero-order valence-electron chi connectivity index (χ0n) is 16.0. The smallest absolute Gasteiger partial charge is 0.244 e. The van der Waals surface area contributed by atoms with Gasteiger partial charge in [-0.1, -0.05) is 35.5 Å². The van der Waals surface area contributed by atoms with Gasteiger partial charge in [-0.2, -0.15) is 4.98 Å². The molecule has 1 aliphatic rings. The normalized spacial score (nSPS) is 17.1. The Kier molecular flexibility index (Phi) is 5.94. The Morgan fingerprint density at radius 3 is 2.82 bits per heavy atom. The number of pyridine rings is 1. The summed E-state index contributed by atoms with van der Waals surface area (Å²) in [4.78, 5) is 11.3. The van der Waals surface area contributed by atoms with E-state index in [0.29, 0.717) is 30.8 Å². The van der Waals surface area contributed by atoms with E-state index in [9.17, 15) is 0 Å². The lowest BCUT2D eigenvalue weighted by Gasteiger charge is -2.21. The fourth-order valence-corrected chi connectivity index (χ4v) is 3.43. The van der Waals surface area contributed by atoms with Gasteiger partial charge < -0.3 is 14.0 Å². The van der Waals surface area contributed by atoms with Gasteiger partial charge in [0.15, 0.2) is 0 Å². The first-order chi connectivity index (χ1) is 13.8. The maximum atomic E-state index is 5.60. The van der Waals surface area contributed by atoms with Gasteiger partial charge in [-0.3, -0.25) is 4.90 Å². The average Bonchev–Trinajstić information content (AvgIpc) is 3.39. The van der Waals surface area contributed by atoms with E-state index in [2.05, 4.69) is 44.3 Å². The number of nitrogens with zero attached hydrogens (tertiary/aromatic N) is 4. The highest BCUT2D eigenvalue weighted by Crippen LogP contribution is 2.33. The topological polar surface area (TPSA) is 73.5 Å². The molecule has 0 radical (unpaired) electrons. The SMILES string of the molecule is COCCOc1ccc(-c2noc([C@H]3CCCN3Cc3ccccc3)n2)cn1. The summed E-state index contributed by atoms with van der Waals surface area (Å²) in [5.74, 6) is 1.77. The van der Waals surface area contributed by atoms with E-state index in [1.165, 1.54) is 5.56 Å². The Morgan fingerprint density at radius 2 is 2.04 bits per heavy atom. The first kappa shape index (κ1) is 18.6. The van der Waals surface area contributed by atoms with E-state index in [4.69, 9.17) is 14.0 Å². The molecule has 0 unspecified atom stereocenters. The van der Waals surface area contributed by atoms with Crippen LogP contribution in [-0.4, -0.2) is 46.9 Å². The predicted molar refractivity (Wildman–Crippen MR) is 104 cm³/mol. The lowest BCUT2D eigenvalue weighted by Crippen LogP contribution is -2.22. The van der Waals surface area contributed by atoms with Gasteiger partial charge in [0.25, 0.3) is 0 Å². The van der Waals surface area contributed by atoms with Crippen LogP contribution in [0.4, 0.5) is 0 Å². The van der Waals surface area contributed by atoms with Crippen LogP contribution in [0.2, 0.25) is 0 Å². The van der Waals surface area contributed by atoms with Crippen LogP contribution in [0.5, 0.6) is 5.88 Å². The minimum Gasteiger partial charge on any atom is -0.475 e. The predicted octanol–water partition coefficient (Wildman–Crippen LogP) is 3.49. The molecular formula is C21H24N4O3. The van der Waals surface area contributed by atoms with Crippen LogP contribution < -0.4 is 4.74 Å². The van der Waals surface area contributed by atoms with Crippen LogP contribution in [0, 0.1) is 0 Å². The van der Waals surface area contributed by atoms with Gasteiger partial charge in [-0.05, 0) is 31.0 Å². The third kappa shape index (κ3) is 4.37. The molecule has 2 aromatic heterocycles. The average molecular weight is 380 g/mol. The first-order valence-corrected chi connectivity index (χ1v) is 9.53. The molecule has 3 aromatic rings. The second kappa shape index (κ2) is 8.95. The fraction of sp³-hybridized carbons (Fsp3) is 0.381. The molecule has 7 nitrogen and oxygen atoms in total. The summed E-state index contributed by atoms with van der Waals surface area (Å²) < 4.78 is 16.1. The lowest BCUT2D eigenvalue weighted by atomic mass is 10.2. The van der Waals surface area contributed by atoms with Crippen molar-refractivity contribution in [2.45, 2.75) is 25.4 Å². The van der Waals surface area contributed by atoms with Gasteiger partial charge in [0.1, 0.15) is 6.61 Å². The number of rotatable bonds is 8. The number of aromatic nitrogens is 3.